The first-order chi connectivity index (χ1) is 2.50. The van der Waals surface area contributed by atoms with Gasteiger partial charge in [0.1, 0.15) is 0 Å². The van der Waals surface area contributed by atoms with Crippen LogP contribution < -0.4 is 5.32 Å². The van der Waals surface area contributed by atoms with Gasteiger partial charge in [-0.05, 0) is 0 Å². The topological polar surface area (TPSA) is 33.6 Å². The molecule has 1 heterocycles. The Hall–Kier alpha value is -0.820. The smallest absolute Gasteiger partial charge is 0.328 e. The van der Waals surface area contributed by atoms with Crippen molar-refractivity contribution in [1.29, 1.82) is 0 Å². The molecule has 5 heavy (non-hydrogen) atoms. The summed E-state index contributed by atoms with van der Waals surface area (Å²) >= 11 is 0. The summed E-state index contributed by atoms with van der Waals surface area (Å²) < 4.78 is 0. The van der Waals surface area contributed by atoms with Gasteiger partial charge in [-0.1, -0.05) is 0 Å². The average molecular weight is 71.1 g/mol. The van der Waals surface area contributed by atoms with E-state index >= 15 is 0 Å². The lowest BCUT2D eigenvalue weighted by atomic mass is 11.2. The van der Waals surface area contributed by atoms with Gasteiger partial charge < -0.3 is 4.84 Å². The summed E-state index contributed by atoms with van der Waals surface area (Å²) in [6.07, 6.45) is 2.38. The van der Waals surface area contributed by atoms with Crippen molar-refractivity contribution in [3.8, 4) is 0 Å². The molecule has 0 aromatic carbocycles. The first-order valence-electron chi connectivity index (χ1n) is 1.30. The highest BCUT2D eigenvalue weighted by molar-refractivity contribution is 5.53. The fraction of sp³-hybridized carbons (Fsp3) is 0.500. The van der Waals surface area contributed by atoms with Crippen molar-refractivity contribution in [2.75, 3.05) is 6.73 Å². The summed E-state index contributed by atoms with van der Waals surface area (Å²) in [6, 6.07) is 0. The predicted molar refractivity (Wildman–Crippen MR) is 16.5 cm³/mol. The van der Waals surface area contributed by atoms with Crippen molar-refractivity contribution in [2.45, 2.75) is 0 Å². The average Bonchev–Trinajstić information content (AvgIpc) is 1.76. The van der Waals surface area contributed by atoms with Crippen molar-refractivity contribution in [3.63, 3.8) is 0 Å². The van der Waals surface area contributed by atoms with Gasteiger partial charge in [0.25, 0.3) is 0 Å². The summed E-state index contributed by atoms with van der Waals surface area (Å²) in [6.45, 7) is 0.472. The van der Waals surface area contributed by atoms with Gasteiger partial charge in [0, 0.05) is 0 Å². The Bertz CT molecular complexity index is 45.6. The molecule has 0 bridgehead atoms. The van der Waals surface area contributed by atoms with Crippen LogP contribution in [0.15, 0.2) is 5.16 Å². The molecule has 0 aliphatic carbocycles. The molecule has 0 spiro atoms. The summed E-state index contributed by atoms with van der Waals surface area (Å²) in [5, 5.41) is 5.81. The molecule has 26 valence electrons. The van der Waals surface area contributed by atoms with Gasteiger partial charge >= 0.3 is 6.34 Å². The third-order valence-corrected chi connectivity index (χ3v) is 0.326. The fourth-order valence-corrected chi connectivity index (χ4v) is 0.161. The maximum Gasteiger partial charge on any atom is 0.561 e. The van der Waals surface area contributed by atoms with Gasteiger partial charge in [-0.3, -0.25) is 0 Å². The summed E-state index contributed by atoms with van der Waals surface area (Å²) in [5.41, 5.74) is 0. The molecule has 0 unspecified atom stereocenters. The Morgan fingerprint density at radius 1 is 2.00 bits per heavy atom. The minimum absolute atomic E-state index is 0.472. The van der Waals surface area contributed by atoms with Crippen molar-refractivity contribution in [1.82, 2.24) is 5.32 Å². The quantitative estimate of drug-likeness (QED) is 0.386. The second kappa shape index (κ2) is 0.865. The van der Waals surface area contributed by atoms with Gasteiger partial charge in [-0.2, -0.15) is 0 Å². The van der Waals surface area contributed by atoms with Crippen LogP contribution >= 0.6 is 0 Å². The summed E-state index contributed by atoms with van der Waals surface area (Å²) in [7, 11) is 0. The SMILES string of the molecule is [C+]1=NOCN1. The minimum Gasteiger partial charge on any atom is -0.328 e. The zero-order valence-electron chi connectivity index (χ0n) is 2.56. The van der Waals surface area contributed by atoms with E-state index in [-0.39, 0.29) is 0 Å². The molecule has 1 aliphatic heterocycles. The van der Waals surface area contributed by atoms with E-state index in [1.165, 1.54) is 0 Å². The highest BCUT2D eigenvalue weighted by atomic mass is 16.6. The first-order valence-corrected chi connectivity index (χ1v) is 1.30. The van der Waals surface area contributed by atoms with Crippen molar-refractivity contribution in [3.05, 3.63) is 0 Å². The molecule has 0 aromatic heterocycles. The van der Waals surface area contributed by atoms with Crippen LogP contribution in [-0.2, 0) is 4.84 Å². The molecule has 3 heteroatoms. The van der Waals surface area contributed by atoms with Crippen LogP contribution in [0.1, 0.15) is 0 Å². The van der Waals surface area contributed by atoms with Crippen LogP contribution in [0.4, 0.5) is 0 Å². The largest absolute Gasteiger partial charge is 0.561 e. The van der Waals surface area contributed by atoms with Gasteiger partial charge in [0.15, 0.2) is 0 Å². The molecule has 1 N–H and O–H groups in total. The normalized spacial score (nSPS) is 16.0. The Kier molecular flexibility index (Phi) is 0.419. The molecule has 0 aromatic rings. The van der Waals surface area contributed by atoms with Crippen molar-refractivity contribution >= 4 is 6.34 Å². The number of nitrogens with one attached hydrogen (secondary N) is 1. The van der Waals surface area contributed by atoms with Gasteiger partial charge in [0.2, 0.25) is 11.9 Å². The van der Waals surface area contributed by atoms with Gasteiger partial charge in [-0.15, -0.1) is 5.32 Å². The van der Waals surface area contributed by atoms with E-state index in [0.717, 1.165) is 0 Å². The van der Waals surface area contributed by atoms with E-state index in [2.05, 4.69) is 21.6 Å². The Balaban J connectivity index is 2.32. The summed E-state index contributed by atoms with van der Waals surface area (Å²) in [5.74, 6) is 0. The zero-order chi connectivity index (χ0) is 3.54. The standard InChI is InChI=1S/C2H3N2O/c1-3-2-5-4-1/h2H2,(H,3,4)/q+1. The van der Waals surface area contributed by atoms with E-state index in [1.807, 2.05) is 0 Å². The first kappa shape index (κ1) is 2.42. The zero-order valence-corrected chi connectivity index (χ0v) is 2.56. The number of hydrogen-bond donors (Lipinski definition) is 1. The Morgan fingerprint density at radius 3 is 3.20 bits per heavy atom. The monoisotopic (exact) mass is 71.0 g/mol. The van der Waals surface area contributed by atoms with Crippen molar-refractivity contribution in [2.24, 2.45) is 5.16 Å². The van der Waals surface area contributed by atoms with E-state index in [9.17, 15) is 0 Å². The lowest BCUT2D eigenvalue weighted by molar-refractivity contribution is 0.164. The molecule has 0 amide bonds. The molecule has 1 rings (SSSR count). The maximum atomic E-state index is 4.35. The molecule has 0 atom stereocenters. The Morgan fingerprint density at radius 2 is 3.00 bits per heavy atom. The molecule has 3 nitrogen and oxygen atoms in total. The number of hydrogen-bond acceptors (Lipinski definition) is 3. The molecule has 1 aliphatic rings. The number of rotatable bonds is 0. The van der Waals surface area contributed by atoms with Crippen LogP contribution in [0.3, 0.4) is 0 Å². The van der Waals surface area contributed by atoms with Gasteiger partial charge in [0.05, 0.1) is 0 Å². The molecule has 0 fully saturated rings. The third kappa shape index (κ3) is 0.253. The van der Waals surface area contributed by atoms with Crippen LogP contribution in [0.2, 0.25) is 0 Å². The second-order valence-electron chi connectivity index (χ2n) is 0.653. The van der Waals surface area contributed by atoms with Gasteiger partial charge in [-0.25, -0.2) is 0 Å². The fourth-order valence-electron chi connectivity index (χ4n) is 0.161. The van der Waals surface area contributed by atoms with E-state index in [1.54, 1.807) is 0 Å². The minimum atomic E-state index is 0.472. The van der Waals surface area contributed by atoms with Crippen molar-refractivity contribution < 1.29 is 4.84 Å². The second-order valence-corrected chi connectivity index (χ2v) is 0.653. The van der Waals surface area contributed by atoms with E-state index in [4.69, 9.17) is 0 Å². The van der Waals surface area contributed by atoms with Crippen LogP contribution in [0.5, 0.6) is 0 Å². The summed E-state index contributed by atoms with van der Waals surface area (Å²) in [4.78, 5) is 4.35. The third-order valence-electron chi connectivity index (χ3n) is 0.326. The maximum absolute atomic E-state index is 4.35. The highest BCUT2D eigenvalue weighted by Gasteiger charge is 2.02. The molecule has 0 saturated heterocycles. The number of nitrogens with zero attached hydrogens (tertiary/aromatic N) is 1. The van der Waals surface area contributed by atoms with Crippen LogP contribution in [0.25, 0.3) is 0 Å². The van der Waals surface area contributed by atoms with Crippen LogP contribution in [-0.4, -0.2) is 13.1 Å². The molecule has 0 radical (unpaired) electrons. The molecular formula is C2H3N2O+. The Labute approximate surface area is 29.6 Å². The predicted octanol–water partition coefficient (Wildman–Crippen LogP) is -0.616. The lowest BCUT2D eigenvalue weighted by Crippen LogP contribution is -2.03. The highest BCUT2D eigenvalue weighted by Crippen LogP contribution is 1.72. The van der Waals surface area contributed by atoms with Crippen LogP contribution in [0, 0.1) is 0 Å². The molecule has 0 saturated carbocycles. The van der Waals surface area contributed by atoms with E-state index < -0.39 is 0 Å². The molecular weight excluding hydrogens is 68.0 g/mol. The van der Waals surface area contributed by atoms with E-state index in [0.29, 0.717) is 6.73 Å². The lowest BCUT2D eigenvalue weighted by Gasteiger charge is -1.67.